The Morgan fingerprint density at radius 1 is 1.33 bits per heavy atom. The molecule has 0 saturated carbocycles. The minimum absolute atomic E-state index is 0.755. The van der Waals surface area contributed by atoms with Gasteiger partial charge in [0.25, 0.3) is 10.2 Å². The summed E-state index contributed by atoms with van der Waals surface area (Å²) in [6.45, 7) is 0. The molecule has 15 heavy (non-hydrogen) atoms. The number of carboxylic acids is 2. The van der Waals surface area contributed by atoms with Gasteiger partial charge in [-0.05, 0) is 0 Å². The first-order valence-electron chi connectivity index (χ1n) is 3.81. The van der Waals surface area contributed by atoms with Crippen LogP contribution in [0.4, 0.5) is 0 Å². The second-order valence-corrected chi connectivity index (χ2v) is 4.81. The predicted molar refractivity (Wildman–Crippen MR) is 49.4 cm³/mol. The topological polar surface area (TPSA) is 124 Å². The van der Waals surface area contributed by atoms with Crippen molar-refractivity contribution in [2.24, 2.45) is 0 Å². The highest BCUT2D eigenvalue weighted by Gasteiger charge is 2.27. The fraction of sp³-hybridized carbons (Fsp3) is 0.667. The van der Waals surface area contributed by atoms with Crippen LogP contribution in [0.2, 0.25) is 0 Å². The molecule has 0 aromatic carbocycles. The molecule has 1 atom stereocenters. The Bertz CT molecular complexity index is 349. The summed E-state index contributed by atoms with van der Waals surface area (Å²) in [4.78, 5) is 20.8. The smallest absolute Gasteiger partial charge is 0.322 e. The SMILES string of the molecule is CN(C)S(=O)(=O)NC(CC(=O)O)C(=O)O. The van der Waals surface area contributed by atoms with E-state index in [1.807, 2.05) is 0 Å². The summed E-state index contributed by atoms with van der Waals surface area (Å²) in [6.07, 6.45) is -0.817. The van der Waals surface area contributed by atoms with E-state index in [-0.39, 0.29) is 0 Å². The molecule has 0 spiro atoms. The van der Waals surface area contributed by atoms with Gasteiger partial charge in [0, 0.05) is 14.1 Å². The van der Waals surface area contributed by atoms with Gasteiger partial charge in [-0.15, -0.1) is 0 Å². The number of aliphatic carboxylic acids is 2. The number of nitrogens with one attached hydrogen (secondary N) is 1. The Hall–Kier alpha value is -1.19. The fourth-order valence-electron chi connectivity index (χ4n) is 0.639. The average Bonchev–Trinajstić information content (AvgIpc) is 2.01. The highest BCUT2D eigenvalue weighted by molar-refractivity contribution is 7.87. The van der Waals surface area contributed by atoms with Gasteiger partial charge in [-0.2, -0.15) is 17.4 Å². The average molecular weight is 240 g/mol. The van der Waals surface area contributed by atoms with Crippen LogP contribution in [-0.2, 0) is 19.8 Å². The quantitative estimate of drug-likeness (QED) is 0.509. The highest BCUT2D eigenvalue weighted by atomic mass is 32.2. The molecule has 1 unspecified atom stereocenters. The van der Waals surface area contributed by atoms with E-state index < -0.39 is 34.6 Å². The zero-order valence-electron chi connectivity index (χ0n) is 8.17. The third-order valence-electron chi connectivity index (χ3n) is 1.45. The van der Waals surface area contributed by atoms with E-state index in [2.05, 4.69) is 0 Å². The van der Waals surface area contributed by atoms with Crippen LogP contribution >= 0.6 is 0 Å². The molecule has 0 aromatic heterocycles. The van der Waals surface area contributed by atoms with Gasteiger partial charge in [-0.25, -0.2) is 0 Å². The Morgan fingerprint density at radius 3 is 2.07 bits per heavy atom. The highest BCUT2D eigenvalue weighted by Crippen LogP contribution is 1.98. The molecular weight excluding hydrogens is 228 g/mol. The number of nitrogens with zero attached hydrogens (tertiary/aromatic N) is 1. The maximum atomic E-state index is 11.2. The molecule has 3 N–H and O–H groups in total. The van der Waals surface area contributed by atoms with Crippen LogP contribution in [0.15, 0.2) is 0 Å². The molecular formula is C6H12N2O6S. The number of hydrogen-bond acceptors (Lipinski definition) is 4. The Balaban J connectivity index is 4.70. The number of carbonyl (C=O) groups is 2. The molecule has 0 radical (unpaired) electrons. The summed E-state index contributed by atoms with van der Waals surface area (Å²) < 4.78 is 24.9. The molecule has 0 saturated heterocycles. The van der Waals surface area contributed by atoms with E-state index in [1.54, 1.807) is 4.72 Å². The van der Waals surface area contributed by atoms with Crippen LogP contribution in [0, 0.1) is 0 Å². The van der Waals surface area contributed by atoms with E-state index in [0.29, 0.717) is 0 Å². The summed E-state index contributed by atoms with van der Waals surface area (Å²) in [5.41, 5.74) is 0. The van der Waals surface area contributed by atoms with Gasteiger partial charge in [0.15, 0.2) is 0 Å². The zero-order chi connectivity index (χ0) is 12.2. The first-order chi connectivity index (χ1) is 6.66. The van der Waals surface area contributed by atoms with E-state index in [9.17, 15) is 18.0 Å². The summed E-state index contributed by atoms with van der Waals surface area (Å²) >= 11 is 0. The van der Waals surface area contributed by atoms with Gasteiger partial charge < -0.3 is 10.2 Å². The van der Waals surface area contributed by atoms with Crippen molar-refractivity contribution in [2.45, 2.75) is 12.5 Å². The molecule has 0 aliphatic rings. The monoisotopic (exact) mass is 240 g/mol. The van der Waals surface area contributed by atoms with Crippen LogP contribution in [-0.4, -0.2) is 55.0 Å². The van der Waals surface area contributed by atoms with Gasteiger partial charge in [0.2, 0.25) is 0 Å². The van der Waals surface area contributed by atoms with Crippen molar-refractivity contribution in [3.63, 3.8) is 0 Å². The Labute approximate surface area is 86.7 Å². The number of carboxylic acid groups (broad SMARTS) is 2. The van der Waals surface area contributed by atoms with Gasteiger partial charge in [0.05, 0.1) is 6.42 Å². The minimum atomic E-state index is -3.95. The first-order valence-corrected chi connectivity index (χ1v) is 5.25. The summed E-state index contributed by atoms with van der Waals surface area (Å²) in [6, 6.07) is -1.67. The molecule has 0 heterocycles. The lowest BCUT2D eigenvalue weighted by Gasteiger charge is -2.16. The third-order valence-corrected chi connectivity index (χ3v) is 2.99. The second-order valence-electron chi connectivity index (χ2n) is 2.89. The normalized spacial score (nSPS) is 13.8. The summed E-state index contributed by atoms with van der Waals surface area (Å²) in [5.74, 6) is -2.94. The van der Waals surface area contributed by atoms with E-state index in [1.165, 1.54) is 14.1 Å². The molecule has 9 heteroatoms. The molecule has 0 bridgehead atoms. The van der Waals surface area contributed by atoms with E-state index in [4.69, 9.17) is 10.2 Å². The van der Waals surface area contributed by atoms with Crippen LogP contribution in [0.1, 0.15) is 6.42 Å². The van der Waals surface area contributed by atoms with E-state index >= 15 is 0 Å². The molecule has 0 aliphatic carbocycles. The van der Waals surface area contributed by atoms with Gasteiger partial charge in [-0.1, -0.05) is 0 Å². The lowest BCUT2D eigenvalue weighted by molar-refractivity contribution is -0.145. The lowest BCUT2D eigenvalue weighted by Crippen LogP contribution is -2.46. The van der Waals surface area contributed by atoms with Gasteiger partial charge >= 0.3 is 11.9 Å². The van der Waals surface area contributed by atoms with Crippen LogP contribution < -0.4 is 4.72 Å². The van der Waals surface area contributed by atoms with E-state index in [0.717, 1.165) is 4.31 Å². The summed E-state index contributed by atoms with van der Waals surface area (Å²) in [7, 11) is -1.56. The Kier molecular flexibility index (Phi) is 4.65. The molecule has 0 aliphatic heterocycles. The zero-order valence-corrected chi connectivity index (χ0v) is 8.98. The van der Waals surface area contributed by atoms with Crippen LogP contribution in [0.3, 0.4) is 0 Å². The van der Waals surface area contributed by atoms with Crippen molar-refractivity contribution in [1.82, 2.24) is 9.03 Å². The molecule has 8 nitrogen and oxygen atoms in total. The number of rotatable bonds is 6. The second kappa shape index (κ2) is 5.05. The van der Waals surface area contributed by atoms with Crippen LogP contribution in [0.5, 0.6) is 0 Å². The van der Waals surface area contributed by atoms with Gasteiger partial charge in [0.1, 0.15) is 6.04 Å². The molecule has 0 aromatic rings. The molecule has 88 valence electrons. The Morgan fingerprint density at radius 2 is 1.80 bits per heavy atom. The maximum absolute atomic E-state index is 11.2. The van der Waals surface area contributed by atoms with Crippen molar-refractivity contribution < 1.29 is 28.2 Å². The van der Waals surface area contributed by atoms with Crippen LogP contribution in [0.25, 0.3) is 0 Å². The maximum Gasteiger partial charge on any atom is 0.322 e. The van der Waals surface area contributed by atoms with Crippen molar-refractivity contribution in [3.05, 3.63) is 0 Å². The fourth-order valence-corrected chi connectivity index (χ4v) is 1.39. The van der Waals surface area contributed by atoms with Crippen molar-refractivity contribution in [1.29, 1.82) is 0 Å². The predicted octanol–water partition coefficient (Wildman–Crippen LogP) is -1.69. The largest absolute Gasteiger partial charge is 0.481 e. The molecule has 0 rings (SSSR count). The molecule has 0 amide bonds. The summed E-state index contributed by atoms with van der Waals surface area (Å²) in [5, 5.41) is 16.9. The lowest BCUT2D eigenvalue weighted by atomic mass is 10.2. The first kappa shape index (κ1) is 13.8. The minimum Gasteiger partial charge on any atom is -0.481 e. The molecule has 0 fully saturated rings. The van der Waals surface area contributed by atoms with Crippen molar-refractivity contribution in [3.8, 4) is 0 Å². The third kappa shape index (κ3) is 4.72. The number of hydrogen-bond donors (Lipinski definition) is 3. The van der Waals surface area contributed by atoms with Crippen molar-refractivity contribution >= 4 is 22.1 Å². The standard InChI is InChI=1S/C6H12N2O6S/c1-8(2)15(13,14)7-4(6(11)12)3-5(9)10/h4,7H,3H2,1-2H3,(H,9,10)(H,11,12). The van der Waals surface area contributed by atoms with Crippen molar-refractivity contribution in [2.75, 3.05) is 14.1 Å². The van der Waals surface area contributed by atoms with Gasteiger partial charge in [-0.3, -0.25) is 9.59 Å².